The predicted molar refractivity (Wildman–Crippen MR) is 51.9 cm³/mol. The summed E-state index contributed by atoms with van der Waals surface area (Å²) in [5.74, 6) is -0.301. The highest BCUT2D eigenvalue weighted by atomic mass is 16.7. The number of Topliss-reactive ketones (excluding diaryl/α,β-unsaturated/α-hetero) is 1. The Morgan fingerprint density at radius 3 is 2.64 bits per heavy atom. The van der Waals surface area contributed by atoms with E-state index in [0.717, 1.165) is 19.3 Å². The molecular weight excluding hydrogens is 180 g/mol. The topological polar surface area (TPSA) is 35.5 Å². The zero-order valence-electron chi connectivity index (χ0n) is 8.91. The van der Waals surface area contributed by atoms with Crippen molar-refractivity contribution in [1.29, 1.82) is 0 Å². The third-order valence-electron chi connectivity index (χ3n) is 2.98. The molecule has 3 atom stereocenters. The van der Waals surface area contributed by atoms with E-state index in [4.69, 9.17) is 9.47 Å². The lowest BCUT2D eigenvalue weighted by Crippen LogP contribution is -2.49. The van der Waals surface area contributed by atoms with E-state index in [-0.39, 0.29) is 18.0 Å². The van der Waals surface area contributed by atoms with Crippen LogP contribution in [0.3, 0.4) is 0 Å². The summed E-state index contributed by atoms with van der Waals surface area (Å²) in [6.45, 7) is 4.00. The van der Waals surface area contributed by atoms with Gasteiger partial charge < -0.3 is 9.47 Å². The molecule has 14 heavy (non-hydrogen) atoms. The lowest BCUT2D eigenvalue weighted by atomic mass is 9.93. The Morgan fingerprint density at radius 1 is 1.29 bits per heavy atom. The third kappa shape index (κ3) is 1.98. The monoisotopic (exact) mass is 198 g/mol. The summed E-state index contributed by atoms with van der Waals surface area (Å²) >= 11 is 0. The molecule has 0 aliphatic carbocycles. The van der Waals surface area contributed by atoms with Crippen molar-refractivity contribution in [2.24, 2.45) is 0 Å². The summed E-state index contributed by atoms with van der Waals surface area (Å²) in [6, 6.07) is 0. The molecule has 2 aliphatic rings. The summed E-state index contributed by atoms with van der Waals surface area (Å²) in [5, 5.41) is 0. The van der Waals surface area contributed by atoms with Crippen LogP contribution in [0.25, 0.3) is 0 Å². The van der Waals surface area contributed by atoms with Gasteiger partial charge in [0, 0.05) is 12.8 Å². The van der Waals surface area contributed by atoms with Crippen molar-refractivity contribution in [1.82, 2.24) is 0 Å². The van der Waals surface area contributed by atoms with E-state index in [0.29, 0.717) is 12.8 Å². The van der Waals surface area contributed by atoms with Gasteiger partial charge in [0.15, 0.2) is 5.79 Å². The number of hydrogen-bond donors (Lipinski definition) is 0. The molecule has 0 unspecified atom stereocenters. The minimum Gasteiger partial charge on any atom is -0.347 e. The average Bonchev–Trinajstić information content (AvgIpc) is 1.99. The normalized spacial score (nSPS) is 44.3. The van der Waals surface area contributed by atoms with Crippen LogP contribution >= 0.6 is 0 Å². The Hall–Kier alpha value is -0.410. The van der Waals surface area contributed by atoms with Gasteiger partial charge in [-0.1, -0.05) is 0 Å². The van der Waals surface area contributed by atoms with Crippen molar-refractivity contribution in [3.63, 3.8) is 0 Å². The van der Waals surface area contributed by atoms with E-state index in [2.05, 4.69) is 0 Å². The maximum absolute atomic E-state index is 11.5. The molecule has 80 valence electrons. The Kier molecular flexibility index (Phi) is 2.62. The van der Waals surface area contributed by atoms with E-state index in [1.54, 1.807) is 0 Å². The molecule has 0 saturated carbocycles. The molecule has 2 saturated heterocycles. The summed E-state index contributed by atoms with van der Waals surface area (Å²) in [6.07, 6.45) is 4.27. The molecule has 0 aromatic heterocycles. The molecule has 2 rings (SSSR count). The van der Waals surface area contributed by atoms with Crippen molar-refractivity contribution in [2.45, 2.75) is 63.9 Å². The highest BCUT2D eigenvalue weighted by molar-refractivity contribution is 5.80. The first-order valence-electron chi connectivity index (χ1n) is 5.47. The smallest absolute Gasteiger partial charge is 0.175 e. The first-order valence-corrected chi connectivity index (χ1v) is 5.47. The zero-order valence-corrected chi connectivity index (χ0v) is 8.91. The van der Waals surface area contributed by atoms with Gasteiger partial charge in [0.05, 0.1) is 18.6 Å². The van der Waals surface area contributed by atoms with Crippen molar-refractivity contribution in [3.8, 4) is 0 Å². The second-order valence-corrected chi connectivity index (χ2v) is 4.58. The van der Waals surface area contributed by atoms with Crippen LogP contribution in [0.5, 0.6) is 0 Å². The lowest BCUT2D eigenvalue weighted by molar-refractivity contribution is -0.300. The van der Waals surface area contributed by atoms with Crippen LogP contribution in [0.1, 0.15) is 46.0 Å². The minimum atomic E-state index is -0.577. The van der Waals surface area contributed by atoms with Crippen molar-refractivity contribution >= 4 is 5.78 Å². The van der Waals surface area contributed by atoms with Crippen LogP contribution in [0, 0.1) is 0 Å². The Labute approximate surface area is 84.8 Å². The number of carbonyl (C=O) groups excluding carboxylic acids is 1. The van der Waals surface area contributed by atoms with E-state index in [9.17, 15) is 4.79 Å². The second-order valence-electron chi connectivity index (χ2n) is 4.58. The van der Waals surface area contributed by atoms with E-state index >= 15 is 0 Å². The molecule has 0 radical (unpaired) electrons. The Morgan fingerprint density at radius 2 is 2.00 bits per heavy atom. The molecule has 2 fully saturated rings. The van der Waals surface area contributed by atoms with Gasteiger partial charge in [0.25, 0.3) is 0 Å². The van der Waals surface area contributed by atoms with Crippen molar-refractivity contribution in [2.75, 3.05) is 0 Å². The largest absolute Gasteiger partial charge is 0.347 e. The number of carbonyl (C=O) groups is 1. The summed E-state index contributed by atoms with van der Waals surface area (Å²) < 4.78 is 11.6. The van der Waals surface area contributed by atoms with Crippen molar-refractivity contribution in [3.05, 3.63) is 0 Å². The van der Waals surface area contributed by atoms with Gasteiger partial charge in [-0.3, -0.25) is 4.79 Å². The first kappa shape index (κ1) is 10.1. The molecule has 0 aromatic carbocycles. The van der Waals surface area contributed by atoms with Gasteiger partial charge in [-0.15, -0.1) is 0 Å². The van der Waals surface area contributed by atoms with Crippen LogP contribution in [0.4, 0.5) is 0 Å². The lowest BCUT2D eigenvalue weighted by Gasteiger charge is -2.43. The van der Waals surface area contributed by atoms with E-state index in [1.165, 1.54) is 0 Å². The minimum absolute atomic E-state index is 0.0153. The SMILES string of the molecule is C[C@H]1CCC[C@@]2(CC(=O)C[C@H](C)O2)O1. The van der Waals surface area contributed by atoms with Crippen molar-refractivity contribution < 1.29 is 14.3 Å². The number of rotatable bonds is 0. The van der Waals surface area contributed by atoms with Gasteiger partial charge in [0.1, 0.15) is 5.78 Å². The molecule has 0 aromatic rings. The average molecular weight is 198 g/mol. The molecule has 2 aliphatic heterocycles. The van der Waals surface area contributed by atoms with E-state index in [1.807, 2.05) is 13.8 Å². The maximum atomic E-state index is 11.5. The standard InChI is InChI=1S/C11H18O3/c1-8-4-3-5-11(13-8)7-10(12)6-9(2)14-11/h8-9H,3-7H2,1-2H3/t8-,9-,11+/m0/s1. The fourth-order valence-electron chi connectivity index (χ4n) is 2.50. The molecule has 1 spiro atoms. The molecule has 0 bridgehead atoms. The van der Waals surface area contributed by atoms with Gasteiger partial charge in [-0.2, -0.15) is 0 Å². The van der Waals surface area contributed by atoms with Gasteiger partial charge in [0.2, 0.25) is 0 Å². The fraction of sp³-hybridized carbons (Fsp3) is 0.909. The molecule has 2 heterocycles. The number of hydrogen-bond acceptors (Lipinski definition) is 3. The maximum Gasteiger partial charge on any atom is 0.175 e. The molecule has 0 N–H and O–H groups in total. The van der Waals surface area contributed by atoms with Gasteiger partial charge >= 0.3 is 0 Å². The quantitative estimate of drug-likeness (QED) is 0.597. The zero-order chi connectivity index (χ0) is 10.2. The predicted octanol–water partition coefficient (Wildman–Crippen LogP) is 2.04. The highest BCUT2D eigenvalue weighted by Crippen LogP contribution is 2.37. The first-order chi connectivity index (χ1) is 6.60. The number of ether oxygens (including phenoxy) is 2. The fourth-order valence-corrected chi connectivity index (χ4v) is 2.50. The van der Waals surface area contributed by atoms with Crippen LogP contribution in [0.2, 0.25) is 0 Å². The summed E-state index contributed by atoms with van der Waals surface area (Å²) in [7, 11) is 0. The van der Waals surface area contributed by atoms with Gasteiger partial charge in [-0.05, 0) is 26.7 Å². The third-order valence-corrected chi connectivity index (χ3v) is 2.98. The van der Waals surface area contributed by atoms with Crippen LogP contribution in [0.15, 0.2) is 0 Å². The summed E-state index contributed by atoms with van der Waals surface area (Å²) in [5.41, 5.74) is 0. The Bertz CT molecular complexity index is 235. The molecule has 3 heteroatoms. The summed E-state index contributed by atoms with van der Waals surface area (Å²) in [4.78, 5) is 11.5. The molecule has 0 amide bonds. The number of ketones is 1. The molecular formula is C11H18O3. The van der Waals surface area contributed by atoms with Gasteiger partial charge in [-0.25, -0.2) is 0 Å². The van der Waals surface area contributed by atoms with Crippen LogP contribution in [-0.4, -0.2) is 23.8 Å². The second kappa shape index (κ2) is 3.63. The highest BCUT2D eigenvalue weighted by Gasteiger charge is 2.43. The molecule has 3 nitrogen and oxygen atoms in total. The van der Waals surface area contributed by atoms with Crippen LogP contribution in [-0.2, 0) is 14.3 Å². The van der Waals surface area contributed by atoms with Crippen LogP contribution < -0.4 is 0 Å². The van der Waals surface area contributed by atoms with E-state index < -0.39 is 5.79 Å². The Balaban J connectivity index is 2.09.